The molecule has 0 spiro atoms. The molecule has 2 atom stereocenters. The fraction of sp³-hybridized carbons (Fsp3) is 0.857. The summed E-state index contributed by atoms with van der Waals surface area (Å²) in [6, 6.07) is 0.0688. The van der Waals surface area contributed by atoms with Crippen LogP contribution in [0.1, 0.15) is 39.5 Å². The summed E-state index contributed by atoms with van der Waals surface area (Å²) in [7, 11) is 0. The molecular formula is C14H21F3N2O2. The molecule has 1 saturated carbocycles. The van der Waals surface area contributed by atoms with E-state index in [0.717, 1.165) is 24.2 Å². The Balaban J connectivity index is 1.86. The molecular weight excluding hydrogens is 285 g/mol. The molecule has 7 heteroatoms. The highest BCUT2D eigenvalue weighted by Crippen LogP contribution is 2.37. The summed E-state index contributed by atoms with van der Waals surface area (Å²) in [6.07, 6.45) is -1.78. The molecule has 120 valence electrons. The lowest BCUT2D eigenvalue weighted by molar-refractivity contribution is -0.157. The van der Waals surface area contributed by atoms with E-state index in [9.17, 15) is 22.8 Å². The van der Waals surface area contributed by atoms with Crippen LogP contribution >= 0.6 is 0 Å². The van der Waals surface area contributed by atoms with Crippen molar-refractivity contribution in [2.45, 2.75) is 51.7 Å². The highest BCUT2D eigenvalue weighted by Gasteiger charge is 2.41. The number of hydrogen-bond donors (Lipinski definition) is 1. The van der Waals surface area contributed by atoms with E-state index >= 15 is 0 Å². The van der Waals surface area contributed by atoms with Crippen LogP contribution in [0.2, 0.25) is 0 Å². The minimum atomic E-state index is -4.42. The average molecular weight is 306 g/mol. The quantitative estimate of drug-likeness (QED) is 0.868. The summed E-state index contributed by atoms with van der Waals surface area (Å²) in [5.74, 6) is -1.56. The van der Waals surface area contributed by atoms with Crippen molar-refractivity contribution in [2.75, 3.05) is 13.1 Å². The number of halogens is 3. The number of amides is 2. The van der Waals surface area contributed by atoms with Gasteiger partial charge in [0, 0.05) is 19.0 Å². The van der Waals surface area contributed by atoms with Crippen molar-refractivity contribution >= 4 is 11.8 Å². The molecule has 1 aliphatic carbocycles. The van der Waals surface area contributed by atoms with E-state index in [1.807, 2.05) is 0 Å². The zero-order valence-corrected chi connectivity index (χ0v) is 12.3. The lowest BCUT2D eigenvalue weighted by Crippen LogP contribution is -2.40. The van der Waals surface area contributed by atoms with Crippen LogP contribution in [0.25, 0.3) is 0 Å². The van der Waals surface area contributed by atoms with Crippen LogP contribution in [-0.2, 0) is 9.59 Å². The van der Waals surface area contributed by atoms with Gasteiger partial charge in [-0.3, -0.25) is 9.59 Å². The SMILES string of the molecule is CC1(C)CCC(NC(=O)C2CC(=O)N(CC(F)(F)F)C2)C1. The van der Waals surface area contributed by atoms with E-state index in [1.165, 1.54) is 0 Å². The maximum absolute atomic E-state index is 12.3. The normalized spacial score (nSPS) is 29.0. The van der Waals surface area contributed by atoms with Crippen LogP contribution < -0.4 is 5.32 Å². The smallest absolute Gasteiger partial charge is 0.353 e. The Morgan fingerprint density at radius 3 is 2.62 bits per heavy atom. The number of hydrogen-bond acceptors (Lipinski definition) is 2. The second-order valence-corrected chi connectivity index (χ2v) is 6.90. The third-order valence-corrected chi connectivity index (χ3v) is 4.27. The van der Waals surface area contributed by atoms with Crippen LogP contribution in [0.4, 0.5) is 13.2 Å². The van der Waals surface area contributed by atoms with Crippen molar-refractivity contribution < 1.29 is 22.8 Å². The molecule has 21 heavy (non-hydrogen) atoms. The summed E-state index contributed by atoms with van der Waals surface area (Å²) in [4.78, 5) is 24.4. The van der Waals surface area contributed by atoms with Crippen LogP contribution in [0.3, 0.4) is 0 Å². The number of nitrogens with zero attached hydrogens (tertiary/aromatic N) is 1. The third-order valence-electron chi connectivity index (χ3n) is 4.27. The summed E-state index contributed by atoms with van der Waals surface area (Å²) < 4.78 is 37.0. The Morgan fingerprint density at radius 1 is 1.43 bits per heavy atom. The average Bonchev–Trinajstić information content (AvgIpc) is 2.81. The fourth-order valence-electron chi connectivity index (χ4n) is 3.20. The molecule has 0 aromatic rings. The molecule has 1 N–H and O–H groups in total. The van der Waals surface area contributed by atoms with Crippen molar-refractivity contribution in [2.24, 2.45) is 11.3 Å². The Labute approximate surface area is 122 Å². The zero-order valence-electron chi connectivity index (χ0n) is 12.3. The van der Waals surface area contributed by atoms with Crippen molar-refractivity contribution in [3.05, 3.63) is 0 Å². The van der Waals surface area contributed by atoms with Gasteiger partial charge >= 0.3 is 6.18 Å². The predicted octanol–water partition coefficient (Wildman–Crippen LogP) is 2.09. The molecule has 2 rings (SSSR count). The van der Waals surface area contributed by atoms with Gasteiger partial charge in [-0.25, -0.2) is 0 Å². The predicted molar refractivity (Wildman–Crippen MR) is 70.3 cm³/mol. The highest BCUT2D eigenvalue weighted by atomic mass is 19.4. The van der Waals surface area contributed by atoms with Crippen molar-refractivity contribution in [1.29, 1.82) is 0 Å². The van der Waals surface area contributed by atoms with Crippen LogP contribution in [0.15, 0.2) is 0 Å². The van der Waals surface area contributed by atoms with Crippen molar-refractivity contribution in [3.63, 3.8) is 0 Å². The molecule has 1 heterocycles. The van der Waals surface area contributed by atoms with E-state index in [-0.39, 0.29) is 30.3 Å². The molecule has 2 amide bonds. The standard InChI is InChI=1S/C14H21F3N2O2/c1-13(2)4-3-10(6-13)18-12(21)9-5-11(20)19(7-9)8-14(15,16)17/h9-10H,3-8H2,1-2H3,(H,18,21). The number of nitrogens with one attached hydrogen (secondary N) is 1. The minimum Gasteiger partial charge on any atom is -0.353 e. The van der Waals surface area contributed by atoms with Gasteiger partial charge < -0.3 is 10.2 Å². The highest BCUT2D eigenvalue weighted by molar-refractivity contribution is 5.89. The third kappa shape index (κ3) is 4.35. The number of alkyl halides is 3. The zero-order chi connectivity index (χ0) is 15.8. The van der Waals surface area contributed by atoms with Gasteiger partial charge in [0.05, 0.1) is 5.92 Å². The molecule has 2 unspecified atom stereocenters. The first kappa shape index (κ1) is 16.1. The minimum absolute atomic E-state index is 0.0688. The molecule has 2 fully saturated rings. The molecule has 1 aliphatic heterocycles. The number of likely N-dealkylation sites (tertiary alicyclic amines) is 1. The van der Waals surface area contributed by atoms with Gasteiger partial charge in [-0.05, 0) is 24.7 Å². The lowest BCUT2D eigenvalue weighted by Gasteiger charge is -2.20. The van der Waals surface area contributed by atoms with Gasteiger partial charge in [0.1, 0.15) is 6.54 Å². The largest absolute Gasteiger partial charge is 0.406 e. The van der Waals surface area contributed by atoms with Gasteiger partial charge in [0.15, 0.2) is 0 Å². The van der Waals surface area contributed by atoms with Gasteiger partial charge in [0.2, 0.25) is 11.8 Å². The molecule has 0 aromatic carbocycles. The van der Waals surface area contributed by atoms with Crippen LogP contribution in [0.5, 0.6) is 0 Å². The van der Waals surface area contributed by atoms with E-state index in [4.69, 9.17) is 0 Å². The van der Waals surface area contributed by atoms with Gasteiger partial charge in [-0.15, -0.1) is 0 Å². The summed E-state index contributed by atoms with van der Waals surface area (Å²) >= 11 is 0. The molecule has 0 bridgehead atoms. The molecule has 0 aromatic heterocycles. The van der Waals surface area contributed by atoms with E-state index in [1.54, 1.807) is 0 Å². The Morgan fingerprint density at radius 2 is 2.10 bits per heavy atom. The number of carbonyl (C=O) groups excluding carboxylic acids is 2. The monoisotopic (exact) mass is 306 g/mol. The number of carbonyl (C=O) groups is 2. The number of rotatable bonds is 3. The first-order valence-electron chi connectivity index (χ1n) is 7.21. The van der Waals surface area contributed by atoms with E-state index in [2.05, 4.69) is 19.2 Å². The fourth-order valence-corrected chi connectivity index (χ4v) is 3.20. The topological polar surface area (TPSA) is 49.4 Å². The maximum Gasteiger partial charge on any atom is 0.406 e. The Kier molecular flexibility index (Phi) is 4.22. The van der Waals surface area contributed by atoms with E-state index < -0.39 is 24.5 Å². The summed E-state index contributed by atoms with van der Waals surface area (Å²) in [6.45, 7) is 2.85. The summed E-state index contributed by atoms with van der Waals surface area (Å²) in [5.41, 5.74) is 0.186. The molecule has 4 nitrogen and oxygen atoms in total. The molecule has 2 aliphatic rings. The Bertz CT molecular complexity index is 434. The van der Waals surface area contributed by atoms with Crippen molar-refractivity contribution in [3.8, 4) is 0 Å². The second kappa shape index (κ2) is 5.50. The molecule has 0 radical (unpaired) electrons. The first-order chi connectivity index (χ1) is 9.56. The van der Waals surface area contributed by atoms with E-state index in [0.29, 0.717) is 0 Å². The second-order valence-electron chi connectivity index (χ2n) is 6.90. The maximum atomic E-state index is 12.3. The van der Waals surface area contributed by atoms with Crippen LogP contribution in [0, 0.1) is 11.3 Å². The lowest BCUT2D eigenvalue weighted by atomic mass is 9.92. The first-order valence-corrected chi connectivity index (χ1v) is 7.21. The molecule has 1 saturated heterocycles. The van der Waals surface area contributed by atoms with Crippen LogP contribution in [-0.4, -0.2) is 42.0 Å². The van der Waals surface area contributed by atoms with Gasteiger partial charge in [-0.2, -0.15) is 13.2 Å². The van der Waals surface area contributed by atoms with Gasteiger partial charge in [-0.1, -0.05) is 13.8 Å². The Hall–Kier alpha value is -1.27. The summed E-state index contributed by atoms with van der Waals surface area (Å²) in [5, 5.41) is 2.88. The van der Waals surface area contributed by atoms with Gasteiger partial charge in [0.25, 0.3) is 0 Å². The van der Waals surface area contributed by atoms with Crippen molar-refractivity contribution in [1.82, 2.24) is 10.2 Å².